The Hall–Kier alpha value is -1.86. The number of anilines is 1. The molecule has 4 atom stereocenters. The van der Waals surface area contributed by atoms with Gasteiger partial charge in [0.05, 0.1) is 23.3 Å². The van der Waals surface area contributed by atoms with Crippen molar-refractivity contribution in [3.8, 4) is 0 Å². The van der Waals surface area contributed by atoms with Crippen molar-refractivity contribution in [3.05, 3.63) is 67.3 Å². The molecule has 176 valence electrons. The average Bonchev–Trinajstić information content (AvgIpc) is 3.17. The fraction of sp³-hybridized carbons (Fsp3) is 0.435. The monoisotopic (exact) mass is 582 g/mol. The van der Waals surface area contributed by atoms with Crippen LogP contribution in [-0.2, 0) is 21.7 Å². The van der Waals surface area contributed by atoms with Gasteiger partial charge >= 0.3 is 0 Å². The molecule has 2 aliphatic rings. The van der Waals surface area contributed by atoms with Crippen molar-refractivity contribution in [1.82, 2.24) is 0 Å². The van der Waals surface area contributed by atoms with Crippen LogP contribution in [0, 0.1) is 19.6 Å². The molecule has 4 rings (SSSR count). The van der Waals surface area contributed by atoms with Gasteiger partial charge in [-0.3, -0.25) is 14.9 Å². The largest absolute Gasteiger partial charge is 0.432 e. The summed E-state index contributed by atoms with van der Waals surface area (Å²) in [7, 11) is -2.81. The quantitative estimate of drug-likeness (QED) is 0.231. The first kappa shape index (κ1) is 24.3. The molecule has 8 nitrogen and oxygen atoms in total. The van der Waals surface area contributed by atoms with Crippen molar-refractivity contribution < 1.29 is 24.4 Å². The number of amides is 1. The highest BCUT2D eigenvalue weighted by Crippen LogP contribution is 2.60. The second kappa shape index (κ2) is 8.73. The van der Waals surface area contributed by atoms with Gasteiger partial charge in [0.15, 0.2) is 13.9 Å². The Balaban J connectivity index is 1.86. The number of non-ortho nitro benzene ring substituents is 1. The minimum atomic E-state index is -2.81. The number of benzene rings is 2. The maximum Gasteiger partial charge on any atom is 0.269 e. The maximum absolute atomic E-state index is 14.1. The molecule has 1 fully saturated rings. The number of aliphatic hydroxyl groups is 1. The number of hydrogen-bond donors (Lipinski definition) is 2. The van der Waals surface area contributed by atoms with Crippen molar-refractivity contribution in [1.29, 1.82) is 0 Å². The standard InChI is InChI=1S/C23H27IN2O6Si/c1-14-21(33(2,3)31)20(10-11-27)32-23(14)18-12-17(26(29)30)8-9-19(18)25(22(23)28)13-15-4-6-16(24)7-5-15/h4-9,12,14,20-21,27,31H,10-11,13H2,1-3H3/t14-,20+,21-,23+/m1/s1. The first-order valence-electron chi connectivity index (χ1n) is 10.9. The van der Waals surface area contributed by atoms with Crippen LogP contribution in [0.2, 0.25) is 18.6 Å². The molecular formula is C23H27IN2O6Si. The van der Waals surface area contributed by atoms with E-state index in [2.05, 4.69) is 22.6 Å². The zero-order valence-corrected chi connectivity index (χ0v) is 21.9. The van der Waals surface area contributed by atoms with Gasteiger partial charge in [-0.1, -0.05) is 19.1 Å². The van der Waals surface area contributed by atoms with Gasteiger partial charge < -0.3 is 19.5 Å². The van der Waals surface area contributed by atoms with Gasteiger partial charge in [0.25, 0.3) is 11.6 Å². The van der Waals surface area contributed by atoms with Gasteiger partial charge in [-0.25, -0.2) is 0 Å². The Kier molecular flexibility index (Phi) is 6.42. The van der Waals surface area contributed by atoms with Gasteiger partial charge in [0.1, 0.15) is 0 Å². The number of ether oxygens (including phenoxy) is 1. The van der Waals surface area contributed by atoms with Crippen LogP contribution < -0.4 is 4.90 Å². The zero-order valence-electron chi connectivity index (χ0n) is 18.7. The lowest BCUT2D eigenvalue weighted by Gasteiger charge is -2.32. The highest BCUT2D eigenvalue weighted by Gasteiger charge is 2.66. The number of nitro groups is 1. The lowest BCUT2D eigenvalue weighted by atomic mass is 9.82. The summed E-state index contributed by atoms with van der Waals surface area (Å²) in [6, 6.07) is 12.3. The highest BCUT2D eigenvalue weighted by molar-refractivity contribution is 14.1. The van der Waals surface area contributed by atoms with Crippen molar-refractivity contribution in [2.45, 2.75) is 50.2 Å². The molecule has 33 heavy (non-hydrogen) atoms. The van der Waals surface area contributed by atoms with Crippen LogP contribution >= 0.6 is 22.6 Å². The second-order valence-corrected chi connectivity index (χ2v) is 14.6. The van der Waals surface area contributed by atoms with Gasteiger partial charge in [-0.05, 0) is 65.9 Å². The summed E-state index contributed by atoms with van der Waals surface area (Å²) < 4.78 is 7.54. The Bertz CT molecular complexity index is 1090. The van der Waals surface area contributed by atoms with Gasteiger partial charge in [0.2, 0.25) is 0 Å². The summed E-state index contributed by atoms with van der Waals surface area (Å²) in [5, 5.41) is 21.2. The molecule has 0 bridgehead atoms. The fourth-order valence-electron chi connectivity index (χ4n) is 5.51. The number of hydrogen-bond acceptors (Lipinski definition) is 6. The fourth-order valence-corrected chi connectivity index (χ4v) is 8.47. The molecule has 10 heteroatoms. The second-order valence-electron chi connectivity index (χ2n) is 9.35. The molecule has 0 aliphatic carbocycles. The minimum Gasteiger partial charge on any atom is -0.432 e. The van der Waals surface area contributed by atoms with Crippen LogP contribution in [0.15, 0.2) is 42.5 Å². The Morgan fingerprint density at radius 2 is 1.91 bits per heavy atom. The third-order valence-corrected chi connectivity index (χ3v) is 10.1. The maximum atomic E-state index is 14.1. The van der Waals surface area contributed by atoms with E-state index in [0.29, 0.717) is 17.8 Å². The molecule has 0 unspecified atom stereocenters. The van der Waals surface area contributed by atoms with Crippen LogP contribution in [0.3, 0.4) is 0 Å². The normalized spacial score (nSPS) is 26.8. The van der Waals surface area contributed by atoms with E-state index < -0.39 is 30.9 Å². The van der Waals surface area contributed by atoms with Crippen molar-refractivity contribution in [3.63, 3.8) is 0 Å². The number of carbonyl (C=O) groups excluding carboxylic acids is 1. The van der Waals surface area contributed by atoms with E-state index in [-0.39, 0.29) is 30.2 Å². The van der Waals surface area contributed by atoms with Crippen LogP contribution in [0.25, 0.3) is 0 Å². The molecular weight excluding hydrogens is 555 g/mol. The van der Waals surface area contributed by atoms with Crippen LogP contribution in [0.4, 0.5) is 11.4 Å². The number of aliphatic hydroxyl groups excluding tert-OH is 1. The first-order chi connectivity index (χ1) is 15.5. The lowest BCUT2D eigenvalue weighted by molar-refractivity contribution is -0.385. The summed E-state index contributed by atoms with van der Waals surface area (Å²) >= 11 is 2.22. The number of nitro benzene ring substituents is 1. The number of rotatable bonds is 6. The predicted molar refractivity (Wildman–Crippen MR) is 134 cm³/mol. The third kappa shape index (κ3) is 4.01. The van der Waals surface area contributed by atoms with E-state index in [0.717, 1.165) is 9.13 Å². The molecule has 1 amide bonds. The number of fused-ring (bicyclic) bond motifs is 2. The third-order valence-electron chi connectivity index (χ3n) is 6.85. The summed E-state index contributed by atoms with van der Waals surface area (Å²) in [6.07, 6.45) is -0.242. The number of halogens is 1. The number of nitrogens with zero attached hydrogens (tertiary/aromatic N) is 2. The molecule has 2 aromatic carbocycles. The van der Waals surface area contributed by atoms with Gasteiger partial charge in [-0.15, -0.1) is 0 Å². The average molecular weight is 582 g/mol. The van der Waals surface area contributed by atoms with Crippen LogP contribution in [-0.4, -0.2) is 41.8 Å². The summed E-state index contributed by atoms with van der Waals surface area (Å²) in [5.41, 5.74) is 0.0907. The van der Waals surface area contributed by atoms with E-state index in [1.54, 1.807) is 24.1 Å². The Morgan fingerprint density at radius 3 is 2.48 bits per heavy atom. The Morgan fingerprint density at radius 1 is 1.24 bits per heavy atom. The van der Waals surface area contributed by atoms with Crippen LogP contribution in [0.5, 0.6) is 0 Å². The summed E-state index contributed by atoms with van der Waals surface area (Å²) in [5.74, 6) is -0.705. The van der Waals surface area contributed by atoms with Gasteiger partial charge in [-0.2, -0.15) is 0 Å². The molecule has 1 saturated heterocycles. The Labute approximate surface area is 207 Å². The van der Waals surface area contributed by atoms with E-state index in [1.165, 1.54) is 12.1 Å². The van der Waals surface area contributed by atoms with E-state index >= 15 is 0 Å². The van der Waals surface area contributed by atoms with Crippen molar-refractivity contribution in [2.75, 3.05) is 11.5 Å². The smallest absolute Gasteiger partial charge is 0.269 e. The van der Waals surface area contributed by atoms with E-state index in [9.17, 15) is 24.8 Å². The van der Waals surface area contributed by atoms with Crippen LogP contribution in [0.1, 0.15) is 24.5 Å². The first-order valence-corrected chi connectivity index (χ1v) is 15.0. The number of carbonyl (C=O) groups is 1. The molecule has 1 spiro atoms. The zero-order chi connectivity index (χ0) is 24.1. The highest BCUT2D eigenvalue weighted by atomic mass is 127. The molecule has 0 aromatic heterocycles. The predicted octanol–water partition coefficient (Wildman–Crippen LogP) is 3.93. The van der Waals surface area contributed by atoms with Crippen molar-refractivity contribution in [2.24, 2.45) is 5.92 Å². The summed E-state index contributed by atoms with van der Waals surface area (Å²) in [4.78, 5) is 37.9. The molecule has 0 radical (unpaired) electrons. The molecule has 2 heterocycles. The minimum absolute atomic E-state index is 0.115. The lowest BCUT2D eigenvalue weighted by Crippen LogP contribution is -2.46. The molecule has 2 aliphatic heterocycles. The van der Waals surface area contributed by atoms with E-state index in [4.69, 9.17) is 4.74 Å². The molecule has 2 aromatic rings. The summed E-state index contributed by atoms with van der Waals surface area (Å²) in [6.45, 7) is 5.64. The SMILES string of the molecule is C[C@@H]1[C@@H]([Si](C)(C)O)[C@H](CCO)O[C@@]12C(=O)N(Cc1ccc(I)cc1)c1ccc([N+](=O)[O-])cc12. The van der Waals surface area contributed by atoms with Gasteiger partial charge in [0, 0.05) is 39.3 Å². The van der Waals surface area contributed by atoms with E-state index in [1.807, 2.05) is 31.2 Å². The topological polar surface area (TPSA) is 113 Å². The molecule has 0 saturated carbocycles. The molecule has 2 N–H and O–H groups in total. The van der Waals surface area contributed by atoms with Crippen molar-refractivity contribution >= 4 is 48.2 Å².